The number of aromatic nitrogens is 4. The van der Waals surface area contributed by atoms with Gasteiger partial charge < -0.3 is 24.5 Å². The lowest BCUT2D eigenvalue weighted by molar-refractivity contribution is -0.140. The number of anilines is 2. The Bertz CT molecular complexity index is 2640. The highest BCUT2D eigenvalue weighted by molar-refractivity contribution is 6.23. The van der Waals surface area contributed by atoms with Crippen LogP contribution in [0.3, 0.4) is 0 Å². The van der Waals surface area contributed by atoms with Crippen molar-refractivity contribution in [1.29, 1.82) is 0 Å². The van der Waals surface area contributed by atoms with Crippen LogP contribution in [0.5, 0.6) is 0 Å². The first kappa shape index (κ1) is 44.6. The van der Waals surface area contributed by atoms with Crippen molar-refractivity contribution in [1.82, 2.24) is 30.0 Å². The average Bonchev–Trinajstić information content (AvgIpc) is 3.68. The number of hydrogen-bond acceptors (Lipinski definition) is 12. The summed E-state index contributed by atoms with van der Waals surface area (Å²) >= 11 is 0. The van der Waals surface area contributed by atoms with Gasteiger partial charge in [-0.15, -0.1) is 0 Å². The quantitative estimate of drug-likeness (QED) is 0.0575. The lowest BCUT2D eigenvalue weighted by Gasteiger charge is -2.27. The zero-order valence-electron chi connectivity index (χ0n) is 35.3. The summed E-state index contributed by atoms with van der Waals surface area (Å²) < 4.78 is 60.2. The molecule has 3 aromatic heterocycles. The van der Waals surface area contributed by atoms with Gasteiger partial charge in [0.25, 0.3) is 17.7 Å². The average molecular weight is 895 g/mol. The van der Waals surface area contributed by atoms with Crippen molar-refractivity contribution in [2.75, 3.05) is 43.6 Å². The van der Waals surface area contributed by atoms with Gasteiger partial charge in [0.1, 0.15) is 18.1 Å². The van der Waals surface area contributed by atoms with Gasteiger partial charge in [0, 0.05) is 31.3 Å². The van der Waals surface area contributed by atoms with E-state index in [0.29, 0.717) is 68.7 Å². The number of fused-ring (bicyclic) bond motifs is 1. The van der Waals surface area contributed by atoms with E-state index in [-0.39, 0.29) is 35.6 Å². The van der Waals surface area contributed by atoms with Crippen LogP contribution in [-0.2, 0) is 31.7 Å². The Hall–Kier alpha value is -6.99. The van der Waals surface area contributed by atoms with Crippen molar-refractivity contribution in [3.63, 3.8) is 0 Å². The van der Waals surface area contributed by atoms with Crippen LogP contribution in [0.2, 0.25) is 0 Å². The Morgan fingerprint density at radius 1 is 0.954 bits per heavy atom. The largest absolute Gasteiger partial charge is 0.444 e. The summed E-state index contributed by atoms with van der Waals surface area (Å²) in [6.07, 6.45) is 5.24. The van der Waals surface area contributed by atoms with E-state index in [0.717, 1.165) is 45.3 Å². The number of nitrogens with zero attached hydrogens (tertiary/aromatic N) is 5. The number of alkyl halides is 3. The maximum Gasteiger partial charge on any atom is 0.437 e. The van der Waals surface area contributed by atoms with Crippen LogP contribution < -0.4 is 16.0 Å². The number of rotatable bonds is 19. The minimum atomic E-state index is -4.86. The number of oxazole rings is 1. The Morgan fingerprint density at radius 2 is 1.72 bits per heavy atom. The zero-order valence-corrected chi connectivity index (χ0v) is 35.3. The zero-order chi connectivity index (χ0) is 45.7. The predicted molar refractivity (Wildman–Crippen MR) is 229 cm³/mol. The molecule has 19 heteroatoms. The maximum absolute atomic E-state index is 14.1. The van der Waals surface area contributed by atoms with Gasteiger partial charge in [-0.3, -0.25) is 34.2 Å². The molecule has 2 aliphatic heterocycles. The first-order valence-corrected chi connectivity index (χ1v) is 21.2. The molecule has 8 rings (SSSR count). The van der Waals surface area contributed by atoms with Crippen LogP contribution in [-0.4, -0.2) is 93.2 Å². The third kappa shape index (κ3) is 10.9. The number of pyridine rings is 1. The predicted octanol–water partition coefficient (Wildman–Crippen LogP) is 6.88. The van der Waals surface area contributed by atoms with Crippen molar-refractivity contribution in [3.05, 3.63) is 112 Å². The third-order valence-electron chi connectivity index (χ3n) is 11.1. The number of halogens is 3. The summed E-state index contributed by atoms with van der Waals surface area (Å²) in [5.74, 6) is -1.69. The fraction of sp³-hybridized carbons (Fsp3) is 0.348. The van der Waals surface area contributed by atoms with Crippen molar-refractivity contribution >= 4 is 47.1 Å². The SMILES string of the molecule is C/C(=C/c1ccc(-n2cc(NC(=O)c3coc(-c4ccnc(NCC5CC5)c4)n3)c(C(F)(F)F)n2)cc1)CCOCCOCCCc1ccc2c(c1)C(=O)N(C1CCC(=O)NC1=O)C2=O. The topological polar surface area (TPSA) is 200 Å². The highest BCUT2D eigenvalue weighted by Crippen LogP contribution is 2.35. The summed E-state index contributed by atoms with van der Waals surface area (Å²) in [5.41, 5.74) is 2.06. The molecule has 0 bridgehead atoms. The number of hydrogen-bond donors (Lipinski definition) is 3. The number of amides is 5. The van der Waals surface area contributed by atoms with Crippen LogP contribution >= 0.6 is 0 Å². The van der Waals surface area contributed by atoms with Crippen LogP contribution in [0.4, 0.5) is 24.7 Å². The fourth-order valence-electron chi connectivity index (χ4n) is 7.42. The van der Waals surface area contributed by atoms with Crippen LogP contribution in [0.25, 0.3) is 23.2 Å². The van der Waals surface area contributed by atoms with E-state index in [9.17, 15) is 37.1 Å². The lowest BCUT2D eigenvalue weighted by Crippen LogP contribution is -2.54. The lowest BCUT2D eigenvalue weighted by atomic mass is 10.0. The second-order valence-corrected chi connectivity index (χ2v) is 16.1. The first-order valence-electron chi connectivity index (χ1n) is 21.2. The Balaban J connectivity index is 0.758. The van der Waals surface area contributed by atoms with Gasteiger partial charge in [0.2, 0.25) is 17.7 Å². The molecule has 2 fully saturated rings. The highest BCUT2D eigenvalue weighted by atomic mass is 19.4. The number of carbonyl (C=O) groups excluding carboxylic acids is 5. The van der Waals surface area contributed by atoms with Crippen LogP contribution in [0.1, 0.15) is 93.5 Å². The minimum Gasteiger partial charge on any atom is -0.444 e. The van der Waals surface area contributed by atoms with E-state index in [1.165, 1.54) is 12.8 Å². The van der Waals surface area contributed by atoms with E-state index in [4.69, 9.17) is 13.9 Å². The molecule has 16 nitrogen and oxygen atoms in total. The first-order chi connectivity index (χ1) is 31.3. The van der Waals surface area contributed by atoms with Crippen molar-refractivity contribution < 1.29 is 51.0 Å². The molecule has 1 atom stereocenters. The number of aryl methyl sites for hydroxylation is 1. The summed E-state index contributed by atoms with van der Waals surface area (Å²) in [6, 6.07) is 14.2. The standard InChI is InChI=1S/C46H45F3N8O8/c1-27(15-18-64-20-19-63-17-2-3-28-8-11-33-34(22-28)45(62)57(44(33)61)37-12-13-39(58)54-42(37)60)21-29-6-9-32(10-7-29)56-25-35(40(55-56)46(47,48)49)52-41(59)36-26-65-43(53-36)31-14-16-50-38(23-31)51-24-30-4-5-30/h6-11,14,16,21-23,25-26,30,37H,2-5,12-13,15,17-20,24H2,1H3,(H,50,51)(H,52,59)(H,54,58,60)/b27-21-. The van der Waals surface area contributed by atoms with Gasteiger partial charge in [0.05, 0.1) is 48.5 Å². The van der Waals surface area contributed by atoms with Crippen molar-refractivity contribution in [2.24, 2.45) is 5.92 Å². The number of nitrogens with one attached hydrogen (secondary N) is 3. The Kier molecular flexibility index (Phi) is 13.3. The van der Waals surface area contributed by atoms with Gasteiger partial charge in [0.15, 0.2) is 11.4 Å². The molecular formula is C46H45F3N8O8. The van der Waals surface area contributed by atoms with E-state index in [1.54, 1.807) is 60.8 Å². The summed E-state index contributed by atoms with van der Waals surface area (Å²) in [6.45, 7) is 4.40. The molecule has 338 valence electrons. The van der Waals surface area contributed by atoms with E-state index < -0.39 is 53.1 Å². The number of carbonyl (C=O) groups is 5. The molecular weight excluding hydrogens is 850 g/mol. The Labute approximate surface area is 370 Å². The summed E-state index contributed by atoms with van der Waals surface area (Å²) in [7, 11) is 0. The van der Waals surface area contributed by atoms with Crippen molar-refractivity contribution in [3.8, 4) is 17.1 Å². The number of imide groups is 2. The molecule has 1 saturated heterocycles. The third-order valence-corrected chi connectivity index (χ3v) is 11.1. The number of piperidine rings is 1. The molecule has 5 amide bonds. The van der Waals surface area contributed by atoms with Gasteiger partial charge in [-0.2, -0.15) is 18.3 Å². The van der Waals surface area contributed by atoms with E-state index in [1.807, 2.05) is 13.0 Å². The molecule has 5 aromatic rings. The molecule has 5 heterocycles. The van der Waals surface area contributed by atoms with E-state index in [2.05, 4.69) is 31.0 Å². The molecule has 0 spiro atoms. The van der Waals surface area contributed by atoms with Gasteiger partial charge in [-0.05, 0) is 98.9 Å². The molecule has 1 saturated carbocycles. The van der Waals surface area contributed by atoms with Crippen LogP contribution in [0, 0.1) is 5.92 Å². The molecule has 0 radical (unpaired) electrons. The maximum atomic E-state index is 14.1. The van der Waals surface area contributed by atoms with Crippen LogP contribution in [0.15, 0.2) is 83.2 Å². The fourth-order valence-corrected chi connectivity index (χ4v) is 7.42. The Morgan fingerprint density at radius 3 is 2.48 bits per heavy atom. The van der Waals surface area contributed by atoms with Gasteiger partial charge >= 0.3 is 6.18 Å². The van der Waals surface area contributed by atoms with Gasteiger partial charge in [-0.1, -0.05) is 29.8 Å². The minimum absolute atomic E-state index is 0.0574. The molecule has 1 unspecified atom stereocenters. The second-order valence-electron chi connectivity index (χ2n) is 16.1. The molecule has 3 N–H and O–H groups in total. The van der Waals surface area contributed by atoms with Gasteiger partial charge in [-0.25, -0.2) is 14.6 Å². The molecule has 65 heavy (non-hydrogen) atoms. The smallest absolute Gasteiger partial charge is 0.437 e. The normalized spacial score (nSPS) is 16.5. The highest BCUT2D eigenvalue weighted by Gasteiger charge is 2.44. The second kappa shape index (κ2) is 19.4. The molecule has 2 aromatic carbocycles. The molecule has 1 aliphatic carbocycles. The number of ether oxygens (including phenoxy) is 2. The number of benzene rings is 2. The summed E-state index contributed by atoms with van der Waals surface area (Å²) in [4.78, 5) is 72.3. The molecule has 3 aliphatic rings. The summed E-state index contributed by atoms with van der Waals surface area (Å²) in [5, 5.41) is 11.5. The van der Waals surface area contributed by atoms with Crippen molar-refractivity contribution in [2.45, 2.75) is 64.1 Å². The monoisotopic (exact) mass is 894 g/mol. The van der Waals surface area contributed by atoms with E-state index >= 15 is 0 Å².